The quantitative estimate of drug-likeness (QED) is 0.624. The number of nitrogens with zero attached hydrogens (tertiary/aromatic N) is 1. The van der Waals surface area contributed by atoms with Gasteiger partial charge in [0, 0.05) is 31.5 Å². The van der Waals surface area contributed by atoms with Crippen LogP contribution in [0.15, 0.2) is 24.3 Å². The predicted octanol–water partition coefficient (Wildman–Crippen LogP) is 3.52. The molecule has 7 heteroatoms. The molecule has 0 aliphatic heterocycles. The highest BCUT2D eigenvalue weighted by Gasteiger charge is 2.62. The van der Waals surface area contributed by atoms with E-state index in [1.54, 1.807) is 0 Å². The lowest BCUT2D eigenvalue weighted by molar-refractivity contribution is -0.170. The molecule has 0 aromatic heterocycles. The Balaban J connectivity index is 0.00000364. The summed E-state index contributed by atoms with van der Waals surface area (Å²) in [5.74, 6) is -0.0920. The SMILES string of the molecule is CCOC1CC(N)(C(=O)NCc2ccc(CN(CC)CC)cc2)C1(C)C.Cl.Cl. The third-order valence-electron chi connectivity index (χ3n) is 6.01. The van der Waals surface area contributed by atoms with Gasteiger partial charge in [-0.2, -0.15) is 0 Å². The first-order valence-electron chi connectivity index (χ1n) is 9.77. The second-order valence-electron chi connectivity index (χ2n) is 7.80. The van der Waals surface area contributed by atoms with Crippen molar-refractivity contribution in [2.45, 2.75) is 65.8 Å². The van der Waals surface area contributed by atoms with Gasteiger partial charge in [-0.3, -0.25) is 9.69 Å². The number of ether oxygens (including phenoxy) is 1. The number of nitrogens with two attached hydrogens (primary N) is 1. The van der Waals surface area contributed by atoms with Crippen LogP contribution in [0.25, 0.3) is 0 Å². The van der Waals surface area contributed by atoms with Gasteiger partial charge in [0.25, 0.3) is 0 Å². The Morgan fingerprint density at radius 3 is 2.14 bits per heavy atom. The van der Waals surface area contributed by atoms with Gasteiger partial charge in [-0.15, -0.1) is 24.8 Å². The van der Waals surface area contributed by atoms with Crippen molar-refractivity contribution in [2.24, 2.45) is 11.1 Å². The summed E-state index contributed by atoms with van der Waals surface area (Å²) in [7, 11) is 0. The average Bonchev–Trinajstić information content (AvgIpc) is 2.64. The second-order valence-corrected chi connectivity index (χ2v) is 7.80. The minimum atomic E-state index is -0.866. The zero-order chi connectivity index (χ0) is 19.4. The zero-order valence-electron chi connectivity index (χ0n) is 17.8. The first kappa shape index (κ1) is 27.1. The van der Waals surface area contributed by atoms with E-state index < -0.39 is 5.54 Å². The Labute approximate surface area is 182 Å². The summed E-state index contributed by atoms with van der Waals surface area (Å²) >= 11 is 0. The number of carbonyl (C=O) groups is 1. The smallest absolute Gasteiger partial charge is 0.241 e. The van der Waals surface area contributed by atoms with Crippen LogP contribution in [-0.4, -0.2) is 42.1 Å². The second kappa shape index (κ2) is 11.4. The molecule has 1 fully saturated rings. The van der Waals surface area contributed by atoms with Crippen molar-refractivity contribution in [1.82, 2.24) is 10.2 Å². The molecule has 0 heterocycles. The number of rotatable bonds is 9. The molecule has 0 bridgehead atoms. The summed E-state index contributed by atoms with van der Waals surface area (Å²) in [6.07, 6.45) is 0.616. The van der Waals surface area contributed by atoms with E-state index in [4.69, 9.17) is 10.5 Å². The van der Waals surface area contributed by atoms with Crippen LogP contribution in [0, 0.1) is 5.41 Å². The third kappa shape index (κ3) is 5.61. The van der Waals surface area contributed by atoms with Gasteiger partial charge in [-0.05, 0) is 31.1 Å². The Morgan fingerprint density at radius 1 is 1.14 bits per heavy atom. The summed E-state index contributed by atoms with van der Waals surface area (Å²) < 4.78 is 5.70. The predicted molar refractivity (Wildman–Crippen MR) is 120 cm³/mol. The van der Waals surface area contributed by atoms with Crippen LogP contribution in [-0.2, 0) is 22.6 Å². The van der Waals surface area contributed by atoms with Gasteiger partial charge in [0.2, 0.25) is 5.91 Å². The summed E-state index contributed by atoms with van der Waals surface area (Å²) in [6, 6.07) is 8.43. The molecule has 28 heavy (non-hydrogen) atoms. The zero-order valence-corrected chi connectivity index (χ0v) is 19.4. The Morgan fingerprint density at radius 2 is 1.68 bits per heavy atom. The van der Waals surface area contributed by atoms with Gasteiger partial charge < -0.3 is 15.8 Å². The van der Waals surface area contributed by atoms with E-state index in [1.807, 2.05) is 20.8 Å². The number of carbonyl (C=O) groups excluding carboxylic acids is 1. The normalized spacial score (nSPS) is 22.6. The van der Waals surface area contributed by atoms with Gasteiger partial charge in [-0.1, -0.05) is 52.0 Å². The molecule has 1 aromatic carbocycles. The molecule has 0 radical (unpaired) electrons. The van der Waals surface area contributed by atoms with Crippen molar-refractivity contribution in [3.8, 4) is 0 Å². The fraction of sp³-hybridized carbons (Fsp3) is 0.667. The fourth-order valence-electron chi connectivity index (χ4n) is 3.63. The van der Waals surface area contributed by atoms with Crippen LogP contribution >= 0.6 is 24.8 Å². The van der Waals surface area contributed by atoms with Crippen LogP contribution in [0.5, 0.6) is 0 Å². The Hall–Kier alpha value is -0.850. The number of hydrogen-bond donors (Lipinski definition) is 2. The summed E-state index contributed by atoms with van der Waals surface area (Å²) in [4.78, 5) is 15.1. The summed E-state index contributed by atoms with van der Waals surface area (Å²) in [5.41, 5.74) is 7.57. The van der Waals surface area contributed by atoms with Crippen molar-refractivity contribution >= 4 is 30.7 Å². The lowest BCUT2D eigenvalue weighted by atomic mass is 9.54. The van der Waals surface area contributed by atoms with Crippen LogP contribution in [0.1, 0.15) is 52.2 Å². The van der Waals surface area contributed by atoms with Crippen LogP contribution in [0.4, 0.5) is 0 Å². The lowest BCUT2D eigenvalue weighted by Crippen LogP contribution is -2.75. The minimum absolute atomic E-state index is 0. The van der Waals surface area contributed by atoms with E-state index in [9.17, 15) is 4.79 Å². The molecule has 1 amide bonds. The van der Waals surface area contributed by atoms with E-state index in [0.29, 0.717) is 19.6 Å². The molecule has 2 unspecified atom stereocenters. The number of amides is 1. The van der Waals surface area contributed by atoms with Crippen molar-refractivity contribution in [3.05, 3.63) is 35.4 Å². The maximum atomic E-state index is 12.7. The summed E-state index contributed by atoms with van der Waals surface area (Å²) in [5, 5.41) is 3.01. The monoisotopic (exact) mass is 433 g/mol. The van der Waals surface area contributed by atoms with Crippen LogP contribution in [0.2, 0.25) is 0 Å². The van der Waals surface area contributed by atoms with E-state index in [1.165, 1.54) is 5.56 Å². The molecule has 2 atom stereocenters. The van der Waals surface area contributed by atoms with Gasteiger partial charge >= 0.3 is 0 Å². The van der Waals surface area contributed by atoms with Crippen LogP contribution < -0.4 is 11.1 Å². The third-order valence-corrected chi connectivity index (χ3v) is 6.01. The van der Waals surface area contributed by atoms with Gasteiger partial charge in [0.15, 0.2) is 0 Å². The van der Waals surface area contributed by atoms with Gasteiger partial charge in [0.05, 0.1) is 6.10 Å². The molecule has 0 saturated heterocycles. The summed E-state index contributed by atoms with van der Waals surface area (Å²) in [6.45, 7) is 14.5. The number of hydrogen-bond acceptors (Lipinski definition) is 4. The topological polar surface area (TPSA) is 67.6 Å². The maximum Gasteiger partial charge on any atom is 0.241 e. The number of nitrogens with one attached hydrogen (secondary N) is 1. The van der Waals surface area contributed by atoms with Crippen molar-refractivity contribution < 1.29 is 9.53 Å². The molecular formula is C21H37Cl2N3O2. The molecule has 1 aliphatic carbocycles. The first-order valence-corrected chi connectivity index (χ1v) is 9.77. The highest BCUT2D eigenvalue weighted by molar-refractivity contribution is 5.88. The highest BCUT2D eigenvalue weighted by atomic mass is 35.5. The molecule has 3 N–H and O–H groups in total. The lowest BCUT2D eigenvalue weighted by Gasteiger charge is -2.57. The maximum absolute atomic E-state index is 12.7. The van der Waals surface area contributed by atoms with Gasteiger partial charge in [-0.25, -0.2) is 0 Å². The number of benzene rings is 1. The molecule has 1 saturated carbocycles. The fourth-order valence-corrected chi connectivity index (χ4v) is 3.63. The van der Waals surface area contributed by atoms with Crippen molar-refractivity contribution in [3.63, 3.8) is 0 Å². The largest absolute Gasteiger partial charge is 0.378 e. The molecule has 2 rings (SSSR count). The highest BCUT2D eigenvalue weighted by Crippen LogP contribution is 2.49. The van der Waals surface area contributed by atoms with Crippen LogP contribution in [0.3, 0.4) is 0 Å². The molecule has 0 spiro atoms. The van der Waals surface area contributed by atoms with E-state index in [2.05, 4.69) is 48.3 Å². The van der Waals surface area contributed by atoms with E-state index >= 15 is 0 Å². The molecule has 5 nitrogen and oxygen atoms in total. The Bertz CT molecular complexity index is 606. The van der Waals surface area contributed by atoms with E-state index in [0.717, 1.165) is 25.2 Å². The molecule has 1 aromatic rings. The Kier molecular flexibility index (Phi) is 11.0. The van der Waals surface area contributed by atoms with Gasteiger partial charge in [0.1, 0.15) is 5.54 Å². The minimum Gasteiger partial charge on any atom is -0.378 e. The standard InChI is InChI=1S/C21H35N3O2.2ClH/c1-6-24(7-2)15-17-11-9-16(10-12-17)14-23-19(25)21(22)13-18(26-8-3)20(21,4)5;;/h9-12,18H,6-8,13-15,22H2,1-5H3,(H,23,25);2*1H. The molecular weight excluding hydrogens is 397 g/mol. The molecule has 162 valence electrons. The van der Waals surface area contributed by atoms with Crippen molar-refractivity contribution in [2.75, 3.05) is 19.7 Å². The number of halogens is 2. The average molecular weight is 434 g/mol. The van der Waals surface area contributed by atoms with Crippen molar-refractivity contribution in [1.29, 1.82) is 0 Å². The van der Waals surface area contributed by atoms with E-state index in [-0.39, 0.29) is 42.2 Å². The molecule has 1 aliphatic rings. The first-order chi connectivity index (χ1) is 12.3.